The average Bonchev–Trinajstić information content (AvgIpc) is 2.86. The second kappa shape index (κ2) is 6.58. The van der Waals surface area contributed by atoms with Crippen LogP contribution in [0.15, 0.2) is 24.3 Å². The summed E-state index contributed by atoms with van der Waals surface area (Å²) in [6.07, 6.45) is 0. The highest BCUT2D eigenvalue weighted by Crippen LogP contribution is 2.13. The molecule has 1 aromatic carbocycles. The third-order valence-electron chi connectivity index (χ3n) is 3.08. The Morgan fingerprint density at radius 1 is 1.30 bits per heavy atom. The fourth-order valence-electron chi connectivity index (χ4n) is 1.94. The van der Waals surface area contributed by atoms with Crippen molar-refractivity contribution in [2.45, 2.75) is 12.6 Å². The molecular weight excluding hydrogens is 284 g/mol. The summed E-state index contributed by atoms with van der Waals surface area (Å²) in [5.74, 6) is -1.67. The van der Waals surface area contributed by atoms with Gasteiger partial charge in [0.1, 0.15) is 5.92 Å². The Morgan fingerprint density at radius 3 is 2.65 bits per heavy atom. The quantitative estimate of drug-likeness (QED) is 0.780. The number of ether oxygens (including phenoxy) is 1. The van der Waals surface area contributed by atoms with E-state index < -0.39 is 24.0 Å². The summed E-state index contributed by atoms with van der Waals surface area (Å²) in [6, 6.07) is 6.17. The number of urea groups is 1. The first kappa shape index (κ1) is 14.6. The highest BCUT2D eigenvalue weighted by molar-refractivity contribution is 6.30. The lowest BCUT2D eigenvalue weighted by Gasteiger charge is -2.16. The van der Waals surface area contributed by atoms with Crippen LogP contribution in [0.25, 0.3) is 0 Å². The normalized spacial score (nSPS) is 21.4. The molecule has 2 amide bonds. The molecule has 0 aromatic heterocycles. The van der Waals surface area contributed by atoms with Crippen LogP contribution in [-0.4, -0.2) is 36.4 Å². The molecule has 6 nitrogen and oxygen atoms in total. The summed E-state index contributed by atoms with van der Waals surface area (Å²) in [7, 11) is 0. The van der Waals surface area contributed by atoms with Crippen LogP contribution in [0.2, 0.25) is 5.02 Å². The number of carboxylic acids is 1. The van der Waals surface area contributed by atoms with E-state index in [9.17, 15) is 9.59 Å². The van der Waals surface area contributed by atoms with Gasteiger partial charge in [-0.3, -0.25) is 4.79 Å². The summed E-state index contributed by atoms with van der Waals surface area (Å²) in [5, 5.41) is 14.9. The molecule has 3 N–H and O–H groups in total. The molecular formula is C13H15ClN2O4. The fourth-order valence-corrected chi connectivity index (χ4v) is 2.07. The van der Waals surface area contributed by atoms with Gasteiger partial charge in [-0.05, 0) is 17.7 Å². The number of carbonyl (C=O) groups excluding carboxylic acids is 1. The number of carbonyl (C=O) groups is 2. The van der Waals surface area contributed by atoms with Gasteiger partial charge in [-0.25, -0.2) is 4.79 Å². The average molecular weight is 299 g/mol. The van der Waals surface area contributed by atoms with Crippen LogP contribution in [0.4, 0.5) is 4.79 Å². The molecule has 108 valence electrons. The Labute approximate surface area is 121 Å². The molecule has 1 aromatic rings. The number of hydrogen-bond donors (Lipinski definition) is 3. The highest BCUT2D eigenvalue weighted by atomic mass is 35.5. The van der Waals surface area contributed by atoms with Crippen LogP contribution in [0.5, 0.6) is 0 Å². The predicted molar refractivity (Wildman–Crippen MR) is 72.6 cm³/mol. The zero-order chi connectivity index (χ0) is 14.5. The van der Waals surface area contributed by atoms with E-state index in [1.165, 1.54) is 0 Å². The van der Waals surface area contributed by atoms with Crippen LogP contribution in [-0.2, 0) is 16.1 Å². The lowest BCUT2D eigenvalue weighted by atomic mass is 10.0. The zero-order valence-corrected chi connectivity index (χ0v) is 11.4. The van der Waals surface area contributed by atoms with Gasteiger partial charge < -0.3 is 20.5 Å². The second-order valence-corrected chi connectivity index (χ2v) is 4.98. The van der Waals surface area contributed by atoms with Crippen LogP contribution in [0.3, 0.4) is 0 Å². The summed E-state index contributed by atoms with van der Waals surface area (Å²) in [6.45, 7) is 0.678. The Hall–Kier alpha value is -1.79. The number of amides is 2. The zero-order valence-electron chi connectivity index (χ0n) is 10.6. The van der Waals surface area contributed by atoms with E-state index in [0.717, 1.165) is 5.56 Å². The van der Waals surface area contributed by atoms with Crippen LogP contribution < -0.4 is 10.6 Å². The van der Waals surface area contributed by atoms with E-state index in [-0.39, 0.29) is 13.2 Å². The predicted octanol–water partition coefficient (Wildman–Crippen LogP) is 1.24. The number of benzene rings is 1. The van der Waals surface area contributed by atoms with Crippen molar-refractivity contribution in [3.05, 3.63) is 34.9 Å². The second-order valence-electron chi connectivity index (χ2n) is 4.54. The molecule has 0 aliphatic carbocycles. The third kappa shape index (κ3) is 3.85. The van der Waals surface area contributed by atoms with Crippen molar-refractivity contribution in [2.75, 3.05) is 13.2 Å². The number of aliphatic carboxylic acids is 1. The number of carboxylic acid groups (broad SMARTS) is 1. The first-order valence-corrected chi connectivity index (χ1v) is 6.53. The molecule has 2 rings (SSSR count). The smallest absolute Gasteiger partial charge is 0.315 e. The number of hydrogen-bond acceptors (Lipinski definition) is 3. The van der Waals surface area contributed by atoms with E-state index in [2.05, 4.69) is 10.6 Å². The monoisotopic (exact) mass is 298 g/mol. The maximum absolute atomic E-state index is 11.7. The van der Waals surface area contributed by atoms with Gasteiger partial charge in [0.15, 0.2) is 0 Å². The molecule has 0 spiro atoms. The van der Waals surface area contributed by atoms with Crippen molar-refractivity contribution in [3.63, 3.8) is 0 Å². The van der Waals surface area contributed by atoms with Crippen molar-refractivity contribution in [2.24, 2.45) is 5.92 Å². The van der Waals surface area contributed by atoms with Crippen molar-refractivity contribution in [1.29, 1.82) is 0 Å². The third-order valence-corrected chi connectivity index (χ3v) is 3.33. The molecule has 1 aliphatic rings. The molecule has 1 aliphatic heterocycles. The minimum absolute atomic E-state index is 0.122. The van der Waals surface area contributed by atoms with Gasteiger partial charge in [-0.2, -0.15) is 0 Å². The first-order valence-electron chi connectivity index (χ1n) is 6.15. The Balaban J connectivity index is 1.80. The van der Waals surface area contributed by atoms with Crippen LogP contribution >= 0.6 is 11.6 Å². The van der Waals surface area contributed by atoms with Gasteiger partial charge in [0.2, 0.25) is 0 Å². The van der Waals surface area contributed by atoms with Crippen molar-refractivity contribution < 1.29 is 19.4 Å². The molecule has 1 saturated heterocycles. The SMILES string of the molecule is O=C(NCc1ccc(Cl)cc1)NC1COCC1C(=O)O. The van der Waals surface area contributed by atoms with E-state index in [0.29, 0.717) is 11.6 Å². The molecule has 2 atom stereocenters. The van der Waals surface area contributed by atoms with Gasteiger partial charge >= 0.3 is 12.0 Å². The minimum atomic E-state index is -0.967. The van der Waals surface area contributed by atoms with Crippen molar-refractivity contribution in [3.8, 4) is 0 Å². The largest absolute Gasteiger partial charge is 0.481 e. The Morgan fingerprint density at radius 2 is 2.00 bits per heavy atom. The molecule has 20 heavy (non-hydrogen) atoms. The van der Waals surface area contributed by atoms with Gasteiger partial charge in [0, 0.05) is 11.6 Å². The number of nitrogens with one attached hydrogen (secondary N) is 2. The number of halogens is 1. The highest BCUT2D eigenvalue weighted by Gasteiger charge is 2.34. The molecule has 1 heterocycles. The van der Waals surface area contributed by atoms with Crippen LogP contribution in [0.1, 0.15) is 5.56 Å². The minimum Gasteiger partial charge on any atom is -0.481 e. The van der Waals surface area contributed by atoms with Crippen LogP contribution in [0, 0.1) is 5.92 Å². The van der Waals surface area contributed by atoms with E-state index in [4.69, 9.17) is 21.4 Å². The molecule has 0 radical (unpaired) electrons. The van der Waals surface area contributed by atoms with E-state index in [1.54, 1.807) is 24.3 Å². The molecule has 1 fully saturated rings. The summed E-state index contributed by atoms with van der Waals surface area (Å²) >= 11 is 5.76. The van der Waals surface area contributed by atoms with Gasteiger partial charge in [0.05, 0.1) is 19.3 Å². The Kier molecular flexibility index (Phi) is 4.81. The molecule has 7 heteroatoms. The van der Waals surface area contributed by atoms with E-state index in [1.807, 2.05) is 0 Å². The van der Waals surface area contributed by atoms with Crippen molar-refractivity contribution in [1.82, 2.24) is 10.6 Å². The summed E-state index contributed by atoms with van der Waals surface area (Å²) in [4.78, 5) is 22.7. The first-order chi connectivity index (χ1) is 9.56. The van der Waals surface area contributed by atoms with Crippen molar-refractivity contribution >= 4 is 23.6 Å². The Bertz CT molecular complexity index is 492. The topological polar surface area (TPSA) is 87.7 Å². The molecule has 0 saturated carbocycles. The van der Waals surface area contributed by atoms with Gasteiger partial charge in [-0.15, -0.1) is 0 Å². The number of rotatable bonds is 4. The maximum Gasteiger partial charge on any atom is 0.315 e. The fraction of sp³-hybridized carbons (Fsp3) is 0.385. The molecule has 0 bridgehead atoms. The van der Waals surface area contributed by atoms with E-state index >= 15 is 0 Å². The summed E-state index contributed by atoms with van der Waals surface area (Å²) in [5.41, 5.74) is 0.905. The standard InChI is InChI=1S/C13H15ClN2O4/c14-9-3-1-8(2-4-9)5-15-13(19)16-11-7-20-6-10(11)12(17)18/h1-4,10-11H,5-7H2,(H,17,18)(H2,15,16,19). The summed E-state index contributed by atoms with van der Waals surface area (Å²) < 4.78 is 5.07. The lowest BCUT2D eigenvalue weighted by Crippen LogP contribution is -2.47. The molecule has 2 unspecified atom stereocenters. The maximum atomic E-state index is 11.7. The van der Waals surface area contributed by atoms with Gasteiger partial charge in [-0.1, -0.05) is 23.7 Å². The lowest BCUT2D eigenvalue weighted by molar-refractivity contribution is -0.142. The van der Waals surface area contributed by atoms with Gasteiger partial charge in [0.25, 0.3) is 0 Å².